The summed E-state index contributed by atoms with van der Waals surface area (Å²) in [7, 11) is -4.18. The van der Waals surface area contributed by atoms with E-state index in [-0.39, 0.29) is 12.2 Å². The second-order valence-electron chi connectivity index (χ2n) is 3.20. The minimum atomic E-state index is -4.18. The smallest absolute Gasteiger partial charge is 0.338 e. The third-order valence-electron chi connectivity index (χ3n) is 1.89. The fourth-order valence-corrected chi connectivity index (χ4v) is 2.01. The molecule has 0 aliphatic carbocycles. The number of carbonyl (C=O) groups is 1. The van der Waals surface area contributed by atoms with Crippen molar-refractivity contribution in [1.82, 2.24) is 0 Å². The first-order chi connectivity index (χ1) is 7.44. The third kappa shape index (κ3) is 3.77. The Morgan fingerprint density at radius 1 is 1.38 bits per heavy atom. The summed E-state index contributed by atoms with van der Waals surface area (Å²) >= 11 is 0. The molecule has 0 fully saturated rings. The van der Waals surface area contributed by atoms with Gasteiger partial charge in [-0.15, -0.1) is 0 Å². The van der Waals surface area contributed by atoms with Crippen LogP contribution in [0.3, 0.4) is 0 Å². The van der Waals surface area contributed by atoms with Gasteiger partial charge in [0.15, 0.2) is 0 Å². The van der Waals surface area contributed by atoms with Gasteiger partial charge in [0.1, 0.15) is 0 Å². The Labute approximate surface area is 93.2 Å². The molecule has 0 heterocycles. The Bertz CT molecular complexity index is 423. The zero-order valence-electron chi connectivity index (χ0n) is 8.79. The van der Waals surface area contributed by atoms with Crippen molar-refractivity contribution in [2.75, 3.05) is 6.61 Å². The van der Waals surface area contributed by atoms with Crippen LogP contribution in [0.25, 0.3) is 0 Å². The first kappa shape index (κ1) is 12.9. The van der Waals surface area contributed by atoms with Gasteiger partial charge in [-0.1, -0.05) is 18.2 Å². The van der Waals surface area contributed by atoms with Crippen LogP contribution in [-0.4, -0.2) is 22.4 Å². The van der Waals surface area contributed by atoms with Gasteiger partial charge in [0.25, 0.3) is 0 Å². The van der Waals surface area contributed by atoms with E-state index in [0.29, 0.717) is 5.56 Å². The Balaban J connectivity index is 3.01. The van der Waals surface area contributed by atoms with Gasteiger partial charge in [-0.05, 0) is 18.6 Å². The van der Waals surface area contributed by atoms with Crippen molar-refractivity contribution < 1.29 is 23.9 Å². The Hall–Kier alpha value is -1.16. The van der Waals surface area contributed by atoms with Crippen molar-refractivity contribution >= 4 is 13.6 Å². The molecule has 0 aromatic heterocycles. The molecule has 1 rings (SSSR count). The summed E-state index contributed by atoms with van der Waals surface area (Å²) < 4.78 is 15.7. The van der Waals surface area contributed by atoms with Gasteiger partial charge < -0.3 is 14.5 Å². The second-order valence-corrected chi connectivity index (χ2v) is 4.85. The largest absolute Gasteiger partial charge is 0.462 e. The lowest BCUT2D eigenvalue weighted by molar-refractivity contribution is 0.0525. The van der Waals surface area contributed by atoms with Gasteiger partial charge >= 0.3 is 13.6 Å². The molecule has 0 atom stereocenters. The molecule has 0 radical (unpaired) electrons. The Morgan fingerprint density at radius 3 is 2.56 bits per heavy atom. The Morgan fingerprint density at radius 2 is 2.00 bits per heavy atom. The molecule has 0 unspecified atom stereocenters. The highest BCUT2D eigenvalue weighted by Gasteiger charge is 2.19. The second kappa shape index (κ2) is 5.25. The van der Waals surface area contributed by atoms with E-state index in [2.05, 4.69) is 0 Å². The highest BCUT2D eigenvalue weighted by atomic mass is 31.2. The average molecular weight is 244 g/mol. The number of benzene rings is 1. The molecule has 0 bridgehead atoms. The SMILES string of the molecule is CCOC(=O)c1ccccc1CP(=O)(O)O. The van der Waals surface area contributed by atoms with Crippen LogP contribution >= 0.6 is 7.60 Å². The Kier molecular flexibility index (Phi) is 4.24. The van der Waals surface area contributed by atoms with E-state index in [1.807, 2.05) is 0 Å². The third-order valence-corrected chi connectivity index (χ3v) is 2.64. The number of hydrogen-bond acceptors (Lipinski definition) is 3. The molecule has 2 N–H and O–H groups in total. The molecule has 0 aliphatic heterocycles. The lowest BCUT2D eigenvalue weighted by Crippen LogP contribution is -2.08. The van der Waals surface area contributed by atoms with Crippen molar-refractivity contribution in [3.8, 4) is 0 Å². The normalized spacial score (nSPS) is 11.2. The number of rotatable bonds is 4. The maximum atomic E-state index is 11.5. The summed E-state index contributed by atoms with van der Waals surface area (Å²) in [5, 5.41) is 0. The summed E-state index contributed by atoms with van der Waals surface area (Å²) in [6.45, 7) is 1.90. The predicted molar refractivity (Wildman–Crippen MR) is 58.1 cm³/mol. The number of ether oxygens (including phenoxy) is 1. The zero-order chi connectivity index (χ0) is 12.2. The van der Waals surface area contributed by atoms with Gasteiger partial charge in [-0.25, -0.2) is 4.79 Å². The molecular weight excluding hydrogens is 231 g/mol. The molecule has 0 aliphatic rings. The molecule has 5 nitrogen and oxygen atoms in total. The quantitative estimate of drug-likeness (QED) is 0.620. The van der Waals surface area contributed by atoms with Crippen LogP contribution in [0.2, 0.25) is 0 Å². The van der Waals surface area contributed by atoms with Crippen LogP contribution in [0.4, 0.5) is 0 Å². The minimum Gasteiger partial charge on any atom is -0.462 e. The van der Waals surface area contributed by atoms with Crippen LogP contribution in [0.5, 0.6) is 0 Å². The van der Waals surface area contributed by atoms with Crippen LogP contribution in [-0.2, 0) is 15.5 Å². The standard InChI is InChI=1S/C10H13O5P/c1-2-15-10(11)9-6-4-3-5-8(9)7-16(12,13)14/h3-6H,2,7H2,1H3,(H2,12,13,14). The van der Waals surface area contributed by atoms with Crippen LogP contribution < -0.4 is 0 Å². The van der Waals surface area contributed by atoms with Crippen LogP contribution in [0, 0.1) is 0 Å². The number of hydrogen-bond donors (Lipinski definition) is 2. The van der Waals surface area contributed by atoms with E-state index in [1.165, 1.54) is 12.1 Å². The van der Waals surface area contributed by atoms with Gasteiger partial charge in [0.05, 0.1) is 18.3 Å². The van der Waals surface area contributed by atoms with Crippen molar-refractivity contribution in [2.24, 2.45) is 0 Å². The minimum absolute atomic E-state index is 0.202. The summed E-state index contributed by atoms with van der Waals surface area (Å²) in [5.74, 6) is -0.563. The number of esters is 1. The van der Waals surface area contributed by atoms with Crippen molar-refractivity contribution in [3.05, 3.63) is 35.4 Å². The van der Waals surface area contributed by atoms with Gasteiger partial charge in [-0.2, -0.15) is 0 Å². The zero-order valence-corrected chi connectivity index (χ0v) is 9.68. The van der Waals surface area contributed by atoms with E-state index in [4.69, 9.17) is 14.5 Å². The molecule has 0 amide bonds. The summed E-state index contributed by atoms with van der Waals surface area (Å²) in [6.07, 6.45) is -0.456. The molecule has 1 aromatic rings. The van der Waals surface area contributed by atoms with E-state index < -0.39 is 19.7 Å². The lowest BCUT2D eigenvalue weighted by atomic mass is 10.1. The van der Waals surface area contributed by atoms with E-state index in [9.17, 15) is 9.36 Å². The molecule has 1 aromatic carbocycles. The highest BCUT2D eigenvalue weighted by Crippen LogP contribution is 2.39. The first-order valence-corrected chi connectivity index (χ1v) is 6.53. The summed E-state index contributed by atoms with van der Waals surface area (Å²) in [6, 6.07) is 6.23. The molecule has 0 spiro atoms. The summed E-state index contributed by atoms with van der Waals surface area (Å²) in [5.41, 5.74) is 0.502. The maximum absolute atomic E-state index is 11.5. The fourth-order valence-electron chi connectivity index (χ4n) is 1.29. The van der Waals surface area contributed by atoms with Crippen LogP contribution in [0.15, 0.2) is 24.3 Å². The number of carbonyl (C=O) groups excluding carboxylic acids is 1. The van der Waals surface area contributed by atoms with Crippen molar-refractivity contribution in [3.63, 3.8) is 0 Å². The fraction of sp³-hybridized carbons (Fsp3) is 0.300. The van der Waals surface area contributed by atoms with Crippen molar-refractivity contribution in [1.29, 1.82) is 0 Å². The summed E-state index contributed by atoms with van der Waals surface area (Å²) in [4.78, 5) is 29.2. The molecule has 6 heteroatoms. The van der Waals surface area contributed by atoms with E-state index in [0.717, 1.165) is 0 Å². The molecule has 16 heavy (non-hydrogen) atoms. The highest BCUT2D eigenvalue weighted by molar-refractivity contribution is 7.50. The van der Waals surface area contributed by atoms with Gasteiger partial charge in [0, 0.05) is 0 Å². The maximum Gasteiger partial charge on any atom is 0.338 e. The topological polar surface area (TPSA) is 83.8 Å². The van der Waals surface area contributed by atoms with Gasteiger partial charge in [-0.3, -0.25) is 4.57 Å². The first-order valence-electron chi connectivity index (χ1n) is 4.73. The van der Waals surface area contributed by atoms with Crippen molar-refractivity contribution in [2.45, 2.75) is 13.1 Å². The van der Waals surface area contributed by atoms with Crippen LogP contribution in [0.1, 0.15) is 22.8 Å². The van der Waals surface area contributed by atoms with Gasteiger partial charge in [0.2, 0.25) is 0 Å². The predicted octanol–water partition coefficient (Wildman–Crippen LogP) is 1.54. The molecular formula is C10H13O5P. The van der Waals surface area contributed by atoms with E-state index >= 15 is 0 Å². The monoisotopic (exact) mass is 244 g/mol. The average Bonchev–Trinajstić information content (AvgIpc) is 2.16. The van der Waals surface area contributed by atoms with E-state index in [1.54, 1.807) is 19.1 Å². The molecule has 0 saturated heterocycles. The molecule has 88 valence electrons. The lowest BCUT2D eigenvalue weighted by Gasteiger charge is -2.09. The molecule has 0 saturated carbocycles.